The van der Waals surface area contributed by atoms with Crippen LogP contribution in [-0.2, 0) is 0 Å². The van der Waals surface area contributed by atoms with Crippen LogP contribution in [-0.4, -0.2) is 14.5 Å². The zero-order chi connectivity index (χ0) is 13.6. The molecule has 0 fully saturated rings. The highest BCUT2D eigenvalue weighted by Crippen LogP contribution is 2.31. The van der Waals surface area contributed by atoms with Crippen LogP contribution in [0.1, 0.15) is 0 Å². The Balaban J connectivity index is 2.37. The summed E-state index contributed by atoms with van der Waals surface area (Å²) >= 11 is 9.44. The molecule has 0 aliphatic heterocycles. The Bertz CT molecular complexity index is 787. The van der Waals surface area contributed by atoms with E-state index in [0.29, 0.717) is 26.9 Å². The second kappa shape index (κ2) is 4.47. The predicted octanol–water partition coefficient (Wildman–Crippen LogP) is 3.56. The van der Waals surface area contributed by atoms with Crippen LogP contribution in [0.2, 0.25) is 5.15 Å². The average Bonchev–Trinajstić information content (AvgIpc) is 2.68. The van der Waals surface area contributed by atoms with Gasteiger partial charge in [0.25, 0.3) is 0 Å². The maximum atomic E-state index is 14.0. The number of nitrogen functional groups attached to an aromatic ring is 1. The summed E-state index contributed by atoms with van der Waals surface area (Å²) in [5.41, 5.74) is 7.40. The number of nitrogens with zero attached hydrogens (tertiary/aromatic N) is 3. The normalized spacial score (nSPS) is 11.1. The summed E-state index contributed by atoms with van der Waals surface area (Å²) in [4.78, 5) is 8.04. The molecule has 3 aromatic rings. The first-order valence-corrected chi connectivity index (χ1v) is 6.47. The largest absolute Gasteiger partial charge is 0.399 e. The van der Waals surface area contributed by atoms with E-state index in [0.717, 1.165) is 0 Å². The smallest absolute Gasteiger partial charge is 0.157 e. The van der Waals surface area contributed by atoms with Crippen molar-refractivity contribution < 1.29 is 4.39 Å². The van der Waals surface area contributed by atoms with Gasteiger partial charge in [0.2, 0.25) is 0 Å². The molecule has 0 amide bonds. The topological polar surface area (TPSA) is 56.7 Å². The average molecular weight is 342 g/mol. The predicted molar refractivity (Wildman–Crippen MR) is 75.9 cm³/mol. The van der Waals surface area contributed by atoms with Gasteiger partial charge in [0.05, 0.1) is 10.2 Å². The SMILES string of the molecule is Nc1ccc(-n2cc(Br)c3ncnc(Cl)c32)c(F)c1. The van der Waals surface area contributed by atoms with E-state index in [2.05, 4.69) is 25.9 Å². The lowest BCUT2D eigenvalue weighted by molar-refractivity contribution is 0.620. The molecule has 96 valence electrons. The molecule has 0 unspecified atom stereocenters. The fourth-order valence-electron chi connectivity index (χ4n) is 1.89. The van der Waals surface area contributed by atoms with Gasteiger partial charge in [-0.3, -0.25) is 0 Å². The zero-order valence-electron chi connectivity index (χ0n) is 9.44. The summed E-state index contributed by atoms with van der Waals surface area (Å²) < 4.78 is 16.3. The van der Waals surface area contributed by atoms with E-state index in [-0.39, 0.29) is 5.15 Å². The fraction of sp³-hybridized carbons (Fsp3) is 0. The van der Waals surface area contributed by atoms with Gasteiger partial charge in [0.15, 0.2) is 5.15 Å². The molecule has 0 saturated carbocycles. The second-order valence-electron chi connectivity index (χ2n) is 3.92. The maximum Gasteiger partial charge on any atom is 0.157 e. The molecule has 0 bridgehead atoms. The van der Waals surface area contributed by atoms with E-state index in [1.165, 1.54) is 12.4 Å². The molecule has 0 atom stereocenters. The van der Waals surface area contributed by atoms with Gasteiger partial charge in [0, 0.05) is 11.9 Å². The van der Waals surface area contributed by atoms with Gasteiger partial charge >= 0.3 is 0 Å². The Morgan fingerprint density at radius 1 is 1.32 bits per heavy atom. The van der Waals surface area contributed by atoms with E-state index >= 15 is 0 Å². The number of hydrogen-bond donors (Lipinski definition) is 1. The maximum absolute atomic E-state index is 14.0. The Labute approximate surface area is 121 Å². The standard InChI is InChI=1S/C12H7BrClFN4/c13-7-4-19(9-2-1-6(16)3-8(9)15)11-10(7)17-5-18-12(11)14/h1-5H,16H2. The molecule has 0 saturated heterocycles. The number of nitrogens with two attached hydrogens (primary N) is 1. The number of rotatable bonds is 1. The highest BCUT2D eigenvalue weighted by Gasteiger charge is 2.15. The van der Waals surface area contributed by atoms with Gasteiger partial charge < -0.3 is 10.3 Å². The van der Waals surface area contributed by atoms with Crippen molar-refractivity contribution in [3.63, 3.8) is 0 Å². The minimum absolute atomic E-state index is 0.256. The van der Waals surface area contributed by atoms with Crippen molar-refractivity contribution in [3.05, 3.63) is 46.2 Å². The van der Waals surface area contributed by atoms with Crippen LogP contribution in [0, 0.1) is 5.82 Å². The Morgan fingerprint density at radius 3 is 2.84 bits per heavy atom. The van der Waals surface area contributed by atoms with Crippen LogP contribution >= 0.6 is 27.5 Å². The molecular weight excluding hydrogens is 335 g/mol. The van der Waals surface area contributed by atoms with Crippen molar-refractivity contribution in [3.8, 4) is 5.69 Å². The van der Waals surface area contributed by atoms with Crippen LogP contribution in [0.3, 0.4) is 0 Å². The molecule has 0 aliphatic rings. The first-order valence-electron chi connectivity index (χ1n) is 5.30. The van der Waals surface area contributed by atoms with Gasteiger partial charge in [-0.05, 0) is 34.1 Å². The van der Waals surface area contributed by atoms with Crippen LogP contribution in [0.4, 0.5) is 10.1 Å². The summed E-state index contributed by atoms with van der Waals surface area (Å²) in [5, 5.41) is 0.256. The number of anilines is 1. The van der Waals surface area contributed by atoms with Gasteiger partial charge in [0.1, 0.15) is 23.2 Å². The van der Waals surface area contributed by atoms with E-state index in [1.807, 2.05) is 0 Å². The minimum atomic E-state index is -0.440. The third-order valence-electron chi connectivity index (χ3n) is 2.72. The first kappa shape index (κ1) is 12.4. The number of aromatic nitrogens is 3. The Morgan fingerprint density at radius 2 is 2.11 bits per heavy atom. The molecule has 3 rings (SSSR count). The summed E-state index contributed by atoms with van der Waals surface area (Å²) in [6.45, 7) is 0. The van der Waals surface area contributed by atoms with Crippen LogP contribution in [0.15, 0.2) is 35.2 Å². The molecule has 7 heteroatoms. The highest BCUT2D eigenvalue weighted by molar-refractivity contribution is 9.10. The first-order chi connectivity index (χ1) is 9.08. The van der Waals surface area contributed by atoms with Crippen molar-refractivity contribution in [2.24, 2.45) is 0 Å². The summed E-state index contributed by atoms with van der Waals surface area (Å²) in [6, 6.07) is 4.46. The molecule has 0 aliphatic carbocycles. The van der Waals surface area contributed by atoms with E-state index in [4.69, 9.17) is 17.3 Å². The van der Waals surface area contributed by atoms with Gasteiger partial charge in [-0.25, -0.2) is 14.4 Å². The fourth-order valence-corrected chi connectivity index (χ4v) is 2.61. The van der Waals surface area contributed by atoms with Crippen LogP contribution < -0.4 is 5.73 Å². The third kappa shape index (κ3) is 1.97. The van der Waals surface area contributed by atoms with Crippen LogP contribution in [0.5, 0.6) is 0 Å². The lowest BCUT2D eigenvalue weighted by atomic mass is 10.2. The summed E-state index contributed by atoms with van der Waals surface area (Å²) in [7, 11) is 0. The van der Waals surface area contributed by atoms with Crippen molar-refractivity contribution in [2.75, 3.05) is 5.73 Å². The van der Waals surface area contributed by atoms with Gasteiger partial charge in [-0.1, -0.05) is 11.6 Å². The molecule has 19 heavy (non-hydrogen) atoms. The summed E-state index contributed by atoms with van der Waals surface area (Å²) in [5.74, 6) is -0.440. The molecule has 1 aromatic carbocycles. The van der Waals surface area contributed by atoms with E-state index in [1.54, 1.807) is 22.9 Å². The molecular formula is C12H7BrClFN4. The highest BCUT2D eigenvalue weighted by atomic mass is 79.9. The third-order valence-corrected chi connectivity index (χ3v) is 3.58. The van der Waals surface area contributed by atoms with Gasteiger partial charge in [-0.15, -0.1) is 0 Å². The Kier molecular flexibility index (Phi) is 2.91. The lowest BCUT2D eigenvalue weighted by Crippen LogP contribution is -1.98. The monoisotopic (exact) mass is 340 g/mol. The van der Waals surface area contributed by atoms with Crippen molar-refractivity contribution in [2.45, 2.75) is 0 Å². The number of benzene rings is 1. The van der Waals surface area contributed by atoms with Crippen molar-refractivity contribution in [1.82, 2.24) is 14.5 Å². The minimum Gasteiger partial charge on any atom is -0.399 e. The summed E-state index contributed by atoms with van der Waals surface area (Å²) in [6.07, 6.45) is 3.05. The molecule has 2 heterocycles. The quantitative estimate of drug-likeness (QED) is 0.544. The molecule has 0 spiro atoms. The van der Waals surface area contributed by atoms with E-state index in [9.17, 15) is 4.39 Å². The van der Waals surface area contributed by atoms with E-state index < -0.39 is 5.82 Å². The molecule has 2 N–H and O–H groups in total. The van der Waals surface area contributed by atoms with Crippen molar-refractivity contribution in [1.29, 1.82) is 0 Å². The van der Waals surface area contributed by atoms with Gasteiger partial charge in [-0.2, -0.15) is 0 Å². The molecule has 2 aromatic heterocycles. The van der Waals surface area contributed by atoms with Crippen LogP contribution in [0.25, 0.3) is 16.7 Å². The molecule has 0 radical (unpaired) electrons. The zero-order valence-corrected chi connectivity index (χ0v) is 11.8. The Hall–Kier alpha value is -1.66. The number of halogens is 3. The molecule has 4 nitrogen and oxygen atoms in total. The second-order valence-corrected chi connectivity index (χ2v) is 5.13. The number of fused-ring (bicyclic) bond motifs is 1. The van der Waals surface area contributed by atoms with Crippen molar-refractivity contribution >= 4 is 44.3 Å². The number of hydrogen-bond acceptors (Lipinski definition) is 3. The lowest BCUT2D eigenvalue weighted by Gasteiger charge is -2.07.